The minimum Gasteiger partial charge on any atom is -0.503 e. The molecule has 0 spiro atoms. The number of aliphatic hydroxyl groups is 1. The molecule has 1 aliphatic rings. The van der Waals surface area contributed by atoms with Crippen LogP contribution in [0.5, 0.6) is 11.5 Å². The number of ether oxygens (including phenoxy) is 3. The second kappa shape index (κ2) is 10.2. The van der Waals surface area contributed by atoms with Crippen LogP contribution in [0.3, 0.4) is 0 Å². The summed E-state index contributed by atoms with van der Waals surface area (Å²) in [4.78, 5) is 19.1. The number of aliphatic carboxylic acids is 1. The van der Waals surface area contributed by atoms with Gasteiger partial charge in [-0.05, 0) is 0 Å². The summed E-state index contributed by atoms with van der Waals surface area (Å²) >= 11 is 1.23. The Morgan fingerprint density at radius 2 is 1.96 bits per heavy atom. The zero-order chi connectivity index (χ0) is 18.1. The second-order valence-corrected chi connectivity index (χ2v) is 5.91. The van der Waals surface area contributed by atoms with Crippen LogP contribution in [0.4, 0.5) is 0 Å². The maximum Gasteiger partial charge on any atom is 0.329 e. The van der Waals surface area contributed by atoms with Gasteiger partial charge in [0.05, 0.1) is 33.0 Å². The van der Waals surface area contributed by atoms with Gasteiger partial charge in [-0.25, -0.2) is 9.78 Å². The van der Waals surface area contributed by atoms with Crippen LogP contribution in [0.1, 0.15) is 5.69 Å². The number of carbonyl (C=O) groups is 1. The molecule has 1 aromatic rings. The Morgan fingerprint density at radius 1 is 1.24 bits per heavy atom. The second-order valence-electron chi connectivity index (χ2n) is 4.90. The number of rotatable bonds is 11. The molecular formula is C15H20N2O7S. The highest BCUT2D eigenvalue weighted by molar-refractivity contribution is 8.14. The van der Waals surface area contributed by atoms with Gasteiger partial charge in [0.15, 0.2) is 17.5 Å². The Labute approximate surface area is 148 Å². The van der Waals surface area contributed by atoms with Crippen LogP contribution in [-0.4, -0.2) is 82.8 Å². The molecule has 0 bridgehead atoms. The van der Waals surface area contributed by atoms with Gasteiger partial charge in [-0.1, -0.05) is 0 Å². The van der Waals surface area contributed by atoms with E-state index >= 15 is 0 Å². The SMILES string of the molecule is O=C(O)C1CSC(c2nccc(OCCOCCOCCO)c2O)=N1. The Hall–Kier alpha value is -1.88. The zero-order valence-corrected chi connectivity index (χ0v) is 14.3. The lowest BCUT2D eigenvalue weighted by Crippen LogP contribution is -2.17. The molecule has 1 atom stereocenters. The third-order valence-electron chi connectivity index (χ3n) is 3.12. The number of carboxylic acids is 1. The number of thioether (sulfide) groups is 1. The number of aliphatic hydroxyl groups excluding tert-OH is 1. The highest BCUT2D eigenvalue weighted by Gasteiger charge is 2.28. The van der Waals surface area contributed by atoms with Crippen molar-refractivity contribution in [2.24, 2.45) is 4.99 Å². The van der Waals surface area contributed by atoms with Gasteiger partial charge in [-0.2, -0.15) is 0 Å². The maximum atomic E-state index is 11.0. The van der Waals surface area contributed by atoms with Crippen molar-refractivity contribution in [2.45, 2.75) is 6.04 Å². The maximum absolute atomic E-state index is 11.0. The molecule has 138 valence electrons. The fourth-order valence-electron chi connectivity index (χ4n) is 1.94. The standard InChI is InChI=1S/C15H20N2O7S/c18-3-4-22-5-6-23-7-8-24-11-1-2-16-12(13(11)19)14-17-10(9-25-14)15(20)21/h1-2,10,18-19H,3-9H2,(H,20,21). The molecule has 0 aromatic carbocycles. The molecule has 1 aliphatic heterocycles. The van der Waals surface area contributed by atoms with Crippen molar-refractivity contribution in [3.05, 3.63) is 18.0 Å². The van der Waals surface area contributed by atoms with Gasteiger partial charge in [-0.3, -0.25) is 4.99 Å². The minimum absolute atomic E-state index is 0.0243. The normalized spacial score (nSPS) is 16.7. The van der Waals surface area contributed by atoms with E-state index in [0.29, 0.717) is 30.6 Å². The van der Waals surface area contributed by atoms with Crippen LogP contribution in [0.25, 0.3) is 0 Å². The van der Waals surface area contributed by atoms with E-state index in [0.717, 1.165) is 0 Å². The number of hydrogen-bond acceptors (Lipinski definition) is 9. The first-order valence-electron chi connectivity index (χ1n) is 7.64. The summed E-state index contributed by atoms with van der Waals surface area (Å²) in [7, 11) is 0. The molecule has 3 N–H and O–H groups in total. The summed E-state index contributed by atoms with van der Waals surface area (Å²) in [5.74, 6) is -0.643. The summed E-state index contributed by atoms with van der Waals surface area (Å²) in [5.41, 5.74) is 0.213. The van der Waals surface area contributed by atoms with Gasteiger partial charge >= 0.3 is 5.97 Å². The van der Waals surface area contributed by atoms with Gasteiger partial charge in [0.1, 0.15) is 17.3 Å². The third kappa shape index (κ3) is 5.85. The molecule has 2 rings (SSSR count). The lowest BCUT2D eigenvalue weighted by atomic mass is 10.3. The number of aromatic nitrogens is 1. The average molecular weight is 372 g/mol. The Morgan fingerprint density at radius 3 is 2.64 bits per heavy atom. The first-order chi connectivity index (χ1) is 12.1. The molecule has 0 saturated carbocycles. The lowest BCUT2D eigenvalue weighted by Gasteiger charge is -2.10. The molecule has 1 unspecified atom stereocenters. The molecule has 0 amide bonds. The Balaban J connectivity index is 1.83. The van der Waals surface area contributed by atoms with Crippen molar-refractivity contribution < 1.29 is 34.3 Å². The van der Waals surface area contributed by atoms with E-state index in [1.807, 2.05) is 0 Å². The molecule has 0 aliphatic carbocycles. The zero-order valence-electron chi connectivity index (χ0n) is 13.5. The monoisotopic (exact) mass is 372 g/mol. The van der Waals surface area contributed by atoms with Crippen molar-refractivity contribution in [2.75, 3.05) is 45.4 Å². The predicted octanol–water partition coefficient (Wildman–Crippen LogP) is 0.138. The molecule has 0 radical (unpaired) electrons. The number of nitrogens with zero attached hydrogens (tertiary/aromatic N) is 2. The van der Waals surface area contributed by atoms with Crippen molar-refractivity contribution >= 4 is 22.8 Å². The van der Waals surface area contributed by atoms with Gasteiger partial charge in [0.25, 0.3) is 0 Å². The van der Waals surface area contributed by atoms with Crippen molar-refractivity contribution in [1.29, 1.82) is 0 Å². The molecule has 1 aromatic heterocycles. The summed E-state index contributed by atoms with van der Waals surface area (Å²) in [6.07, 6.45) is 1.46. The molecule has 2 heterocycles. The fourth-order valence-corrected chi connectivity index (χ4v) is 2.96. The topological polar surface area (TPSA) is 131 Å². The van der Waals surface area contributed by atoms with Crippen molar-refractivity contribution in [1.82, 2.24) is 4.98 Å². The summed E-state index contributed by atoms with van der Waals surface area (Å²) in [6.45, 7) is 1.53. The van der Waals surface area contributed by atoms with Gasteiger partial charge in [0.2, 0.25) is 0 Å². The van der Waals surface area contributed by atoms with Crippen LogP contribution in [0.2, 0.25) is 0 Å². The largest absolute Gasteiger partial charge is 0.503 e. The van der Waals surface area contributed by atoms with E-state index in [1.165, 1.54) is 24.0 Å². The first kappa shape index (κ1) is 19.4. The number of aromatic hydroxyl groups is 1. The number of carboxylic acid groups (broad SMARTS) is 1. The Kier molecular flexibility index (Phi) is 7.92. The van der Waals surface area contributed by atoms with E-state index in [4.69, 9.17) is 24.4 Å². The highest BCUT2D eigenvalue weighted by atomic mass is 32.2. The van der Waals surface area contributed by atoms with E-state index < -0.39 is 12.0 Å². The number of hydrogen-bond donors (Lipinski definition) is 3. The predicted molar refractivity (Wildman–Crippen MR) is 90.5 cm³/mol. The number of aliphatic imine (C=N–C) groups is 1. The van der Waals surface area contributed by atoms with Crippen LogP contribution in [0, 0.1) is 0 Å². The van der Waals surface area contributed by atoms with Crippen molar-refractivity contribution in [3.8, 4) is 11.5 Å². The Bertz CT molecular complexity index is 612. The lowest BCUT2D eigenvalue weighted by molar-refractivity contribution is -0.137. The van der Waals surface area contributed by atoms with Crippen LogP contribution < -0.4 is 4.74 Å². The average Bonchev–Trinajstić information content (AvgIpc) is 3.09. The van der Waals surface area contributed by atoms with Crippen LogP contribution >= 0.6 is 11.8 Å². The third-order valence-corrected chi connectivity index (χ3v) is 4.17. The molecule has 0 saturated heterocycles. The molecule has 25 heavy (non-hydrogen) atoms. The van der Waals surface area contributed by atoms with Gasteiger partial charge in [-0.15, -0.1) is 11.8 Å². The summed E-state index contributed by atoms with van der Waals surface area (Å²) in [6, 6.07) is 0.685. The summed E-state index contributed by atoms with van der Waals surface area (Å²) < 4.78 is 15.8. The first-order valence-corrected chi connectivity index (χ1v) is 8.63. The molecule has 10 heteroatoms. The van der Waals surface area contributed by atoms with Gasteiger partial charge in [0, 0.05) is 18.0 Å². The van der Waals surface area contributed by atoms with Crippen molar-refractivity contribution in [3.63, 3.8) is 0 Å². The molecular weight excluding hydrogens is 352 g/mol. The van der Waals surface area contributed by atoms with Crippen LogP contribution in [0.15, 0.2) is 17.3 Å². The highest BCUT2D eigenvalue weighted by Crippen LogP contribution is 2.33. The van der Waals surface area contributed by atoms with E-state index in [1.54, 1.807) is 0 Å². The minimum atomic E-state index is -1.01. The van der Waals surface area contributed by atoms with Gasteiger partial charge < -0.3 is 29.5 Å². The van der Waals surface area contributed by atoms with E-state index in [2.05, 4.69) is 9.98 Å². The quantitative estimate of drug-likeness (QED) is 0.464. The van der Waals surface area contributed by atoms with Crippen LogP contribution in [-0.2, 0) is 14.3 Å². The number of pyridine rings is 1. The molecule has 9 nitrogen and oxygen atoms in total. The van der Waals surface area contributed by atoms with E-state index in [9.17, 15) is 9.90 Å². The van der Waals surface area contributed by atoms with E-state index in [-0.39, 0.29) is 37.0 Å². The summed E-state index contributed by atoms with van der Waals surface area (Å²) in [5, 5.41) is 28.2. The fraction of sp³-hybridized carbons (Fsp3) is 0.533. The smallest absolute Gasteiger partial charge is 0.329 e. The molecule has 0 fully saturated rings.